The molecule has 0 fully saturated rings. The van der Waals surface area contributed by atoms with Crippen molar-refractivity contribution in [3.05, 3.63) is 131 Å². The van der Waals surface area contributed by atoms with E-state index in [-0.39, 0.29) is 17.9 Å². The number of aryl methyl sites for hydroxylation is 1. The Morgan fingerprint density at radius 3 is 2.31 bits per heavy atom. The lowest BCUT2D eigenvalue weighted by atomic mass is 9.70. The molecule has 4 heteroatoms. The van der Waals surface area contributed by atoms with Crippen molar-refractivity contribution in [2.75, 3.05) is 12.4 Å². The van der Waals surface area contributed by atoms with Gasteiger partial charge in [-0.2, -0.15) is 5.26 Å². The van der Waals surface area contributed by atoms with E-state index in [0.29, 0.717) is 5.56 Å². The molecule has 176 valence electrons. The highest BCUT2D eigenvalue weighted by Crippen LogP contribution is 2.54. The fraction of sp³-hybridized carbons (Fsp3) is 0.156. The molecule has 0 spiro atoms. The Hall–Kier alpha value is -4.49. The molecule has 5 aromatic rings. The van der Waals surface area contributed by atoms with Gasteiger partial charge in [-0.15, -0.1) is 0 Å². The number of ether oxygens (including phenoxy) is 1. The maximum Gasteiger partial charge on any atom is 0.119 e. The van der Waals surface area contributed by atoms with E-state index in [1.807, 2.05) is 18.2 Å². The van der Waals surface area contributed by atoms with Gasteiger partial charge in [0, 0.05) is 34.1 Å². The zero-order valence-electron chi connectivity index (χ0n) is 20.3. The summed E-state index contributed by atoms with van der Waals surface area (Å²) in [5.41, 5.74) is 9.03. The molecule has 0 unspecified atom stereocenters. The summed E-state index contributed by atoms with van der Waals surface area (Å²) in [4.78, 5) is 3.79. The largest absolute Gasteiger partial charge is 0.497 e. The van der Waals surface area contributed by atoms with Gasteiger partial charge in [0.2, 0.25) is 0 Å². The smallest absolute Gasteiger partial charge is 0.119 e. The summed E-state index contributed by atoms with van der Waals surface area (Å²) in [6.45, 7) is 2.22. The van der Waals surface area contributed by atoms with Crippen molar-refractivity contribution in [1.82, 2.24) is 4.98 Å². The van der Waals surface area contributed by atoms with Gasteiger partial charge in [-0.1, -0.05) is 60.7 Å². The molecular weight excluding hydrogens is 442 g/mol. The molecule has 2 N–H and O–H groups in total. The summed E-state index contributed by atoms with van der Waals surface area (Å²) in [5.74, 6) is 1.01. The van der Waals surface area contributed by atoms with E-state index in [4.69, 9.17) is 4.74 Å². The number of aromatic nitrogens is 1. The second kappa shape index (κ2) is 8.94. The average Bonchev–Trinajstić information content (AvgIpc) is 3.28. The van der Waals surface area contributed by atoms with E-state index < -0.39 is 0 Å². The number of H-pyrrole nitrogens is 1. The number of nitrogens with one attached hydrogen (secondary N) is 2. The van der Waals surface area contributed by atoms with Gasteiger partial charge in [0.25, 0.3) is 0 Å². The minimum absolute atomic E-state index is 0.0110. The monoisotopic (exact) mass is 469 g/mol. The molecule has 2 heterocycles. The first-order chi connectivity index (χ1) is 17.7. The van der Waals surface area contributed by atoms with Crippen LogP contribution in [0.5, 0.6) is 5.75 Å². The SMILES string of the molecule is COc1ccc2c(c1)[C@@H](c1[nH]c3ccccc3c1C)[C@H](c1ccccc1)[C@@H](c1ccc(C#N)cc1)N2. The van der Waals surface area contributed by atoms with Crippen LogP contribution < -0.4 is 10.1 Å². The Labute approximate surface area is 211 Å². The highest BCUT2D eigenvalue weighted by molar-refractivity contribution is 5.85. The first kappa shape index (κ1) is 22.0. The molecular formula is C32H27N3O. The van der Waals surface area contributed by atoms with Crippen LogP contribution in [0, 0.1) is 18.3 Å². The molecule has 4 aromatic carbocycles. The highest BCUT2D eigenvalue weighted by atomic mass is 16.5. The van der Waals surface area contributed by atoms with Gasteiger partial charge < -0.3 is 15.0 Å². The highest BCUT2D eigenvalue weighted by Gasteiger charge is 2.41. The second-order valence-corrected chi connectivity index (χ2v) is 9.43. The molecule has 1 aromatic heterocycles. The predicted molar refractivity (Wildman–Crippen MR) is 145 cm³/mol. The van der Waals surface area contributed by atoms with Gasteiger partial charge >= 0.3 is 0 Å². The first-order valence-electron chi connectivity index (χ1n) is 12.2. The van der Waals surface area contributed by atoms with Crippen LogP contribution >= 0.6 is 0 Å². The van der Waals surface area contributed by atoms with Crippen LogP contribution in [0.15, 0.2) is 97.1 Å². The number of methoxy groups -OCH3 is 1. The third-order valence-electron chi connectivity index (χ3n) is 7.52. The number of aromatic amines is 1. The molecule has 36 heavy (non-hydrogen) atoms. The quantitative estimate of drug-likeness (QED) is 0.288. The number of benzene rings is 4. The minimum atomic E-state index is 0.0110. The number of fused-ring (bicyclic) bond motifs is 2. The normalized spacial score (nSPS) is 18.8. The van der Waals surface area contributed by atoms with Crippen molar-refractivity contribution in [3.8, 4) is 11.8 Å². The van der Waals surface area contributed by atoms with Gasteiger partial charge in [0.1, 0.15) is 5.75 Å². The Bertz CT molecular complexity index is 1580. The van der Waals surface area contributed by atoms with E-state index in [2.05, 4.69) is 102 Å². The number of hydrogen-bond donors (Lipinski definition) is 2. The van der Waals surface area contributed by atoms with Crippen LogP contribution in [0.4, 0.5) is 5.69 Å². The number of nitriles is 1. The summed E-state index contributed by atoms with van der Waals surface area (Å²) in [7, 11) is 1.72. The lowest BCUT2D eigenvalue weighted by Gasteiger charge is -2.41. The molecule has 0 radical (unpaired) electrons. The topological polar surface area (TPSA) is 60.8 Å². The first-order valence-corrected chi connectivity index (χ1v) is 12.2. The summed E-state index contributed by atoms with van der Waals surface area (Å²) in [5, 5.41) is 14.5. The van der Waals surface area contributed by atoms with E-state index in [1.54, 1.807) is 7.11 Å². The van der Waals surface area contributed by atoms with Gasteiger partial charge in [-0.05, 0) is 65.6 Å². The standard InChI is InChI=1S/C32H27N3O/c1-20-25-10-6-7-11-27(25)34-31(20)30-26-18-24(36-2)16-17-28(26)35-32(23-14-12-21(19-33)13-15-23)29(30)22-8-4-3-5-9-22/h3-18,29-30,32,34-35H,1-2H3/t29-,30+,32+/m0/s1. The Morgan fingerprint density at radius 1 is 0.833 bits per heavy atom. The number of anilines is 1. The number of hydrogen-bond acceptors (Lipinski definition) is 3. The molecule has 1 aliphatic rings. The Kier molecular flexibility index (Phi) is 5.47. The lowest BCUT2D eigenvalue weighted by molar-refractivity contribution is 0.412. The van der Waals surface area contributed by atoms with E-state index in [9.17, 15) is 5.26 Å². The maximum absolute atomic E-state index is 9.36. The number of rotatable bonds is 4. The third kappa shape index (κ3) is 3.61. The summed E-state index contributed by atoms with van der Waals surface area (Å²) >= 11 is 0. The van der Waals surface area contributed by atoms with Crippen molar-refractivity contribution in [1.29, 1.82) is 5.26 Å². The molecule has 3 atom stereocenters. The predicted octanol–water partition coefficient (Wildman–Crippen LogP) is 7.44. The molecule has 0 aliphatic carbocycles. The number of para-hydroxylation sites is 1. The van der Waals surface area contributed by atoms with Crippen molar-refractivity contribution >= 4 is 16.6 Å². The Morgan fingerprint density at radius 2 is 1.58 bits per heavy atom. The summed E-state index contributed by atoms with van der Waals surface area (Å²) < 4.78 is 5.66. The van der Waals surface area contributed by atoms with Gasteiger partial charge in [-0.3, -0.25) is 0 Å². The van der Waals surface area contributed by atoms with Crippen LogP contribution in [0.3, 0.4) is 0 Å². The minimum Gasteiger partial charge on any atom is -0.497 e. The van der Waals surface area contributed by atoms with Crippen LogP contribution in [-0.2, 0) is 0 Å². The van der Waals surface area contributed by atoms with Crippen molar-refractivity contribution in [2.24, 2.45) is 0 Å². The number of nitrogens with zero attached hydrogens (tertiary/aromatic N) is 1. The summed E-state index contributed by atoms with van der Waals surface area (Å²) in [6, 6.07) is 35.8. The van der Waals surface area contributed by atoms with Gasteiger partial charge in [0.15, 0.2) is 0 Å². The average molecular weight is 470 g/mol. The fourth-order valence-corrected chi connectivity index (χ4v) is 5.76. The second-order valence-electron chi connectivity index (χ2n) is 9.43. The van der Waals surface area contributed by atoms with Crippen molar-refractivity contribution in [2.45, 2.75) is 24.8 Å². The van der Waals surface area contributed by atoms with E-state index in [0.717, 1.165) is 22.5 Å². The molecule has 0 bridgehead atoms. The van der Waals surface area contributed by atoms with Gasteiger partial charge in [-0.25, -0.2) is 0 Å². The van der Waals surface area contributed by atoms with Crippen LogP contribution in [0.1, 0.15) is 51.4 Å². The van der Waals surface area contributed by atoms with Crippen LogP contribution in [-0.4, -0.2) is 12.1 Å². The van der Waals surface area contributed by atoms with Crippen molar-refractivity contribution in [3.63, 3.8) is 0 Å². The Balaban J connectivity index is 1.63. The molecule has 1 aliphatic heterocycles. The lowest BCUT2D eigenvalue weighted by Crippen LogP contribution is -2.31. The fourth-order valence-electron chi connectivity index (χ4n) is 5.76. The van der Waals surface area contributed by atoms with E-state index >= 15 is 0 Å². The van der Waals surface area contributed by atoms with Crippen molar-refractivity contribution < 1.29 is 4.74 Å². The molecule has 0 saturated carbocycles. The molecule has 0 amide bonds. The molecule has 0 saturated heterocycles. The third-order valence-corrected chi connectivity index (χ3v) is 7.52. The maximum atomic E-state index is 9.36. The van der Waals surface area contributed by atoms with Crippen LogP contribution in [0.2, 0.25) is 0 Å². The van der Waals surface area contributed by atoms with E-state index in [1.165, 1.54) is 27.8 Å². The zero-order chi connectivity index (χ0) is 24.6. The van der Waals surface area contributed by atoms with Gasteiger partial charge in [0.05, 0.1) is 24.8 Å². The molecule has 6 rings (SSSR count). The zero-order valence-corrected chi connectivity index (χ0v) is 20.3. The molecule has 4 nitrogen and oxygen atoms in total. The van der Waals surface area contributed by atoms with Crippen LogP contribution in [0.25, 0.3) is 10.9 Å². The summed E-state index contributed by atoms with van der Waals surface area (Å²) in [6.07, 6.45) is 0.